The third-order valence-electron chi connectivity index (χ3n) is 4.77. The summed E-state index contributed by atoms with van der Waals surface area (Å²) in [4.78, 5) is 6.36. The van der Waals surface area contributed by atoms with Crippen LogP contribution in [0.5, 0.6) is 0 Å². The lowest BCUT2D eigenvalue weighted by atomic mass is 9.66. The van der Waals surface area contributed by atoms with Gasteiger partial charge in [-0.1, -0.05) is 6.08 Å². The molecule has 0 N–H and O–H groups in total. The molecule has 0 amide bonds. The molecule has 3 rings (SSSR count). The zero-order chi connectivity index (χ0) is 20.6. The first kappa shape index (κ1) is 18.7. The van der Waals surface area contributed by atoms with E-state index in [4.69, 9.17) is 13.1 Å². The minimum absolute atomic E-state index is 0.00361. The highest BCUT2D eigenvalue weighted by Gasteiger charge is 2.40. The highest BCUT2D eigenvalue weighted by Crippen LogP contribution is 2.52. The predicted octanol–water partition coefficient (Wildman–Crippen LogP) is 5.33. The Morgan fingerprint density at radius 1 is 0.893 bits per heavy atom. The van der Waals surface area contributed by atoms with E-state index in [0.29, 0.717) is 0 Å². The van der Waals surface area contributed by atoms with Crippen molar-refractivity contribution in [2.24, 2.45) is 11.8 Å². The zero-order valence-electron chi connectivity index (χ0n) is 14.4. The topological polar surface area (TPSA) is 56.3 Å². The average Bonchev–Trinajstić information content (AvgIpc) is 2.68. The quantitative estimate of drug-likeness (QED) is 0.455. The molecule has 0 aliphatic heterocycles. The van der Waals surface area contributed by atoms with Gasteiger partial charge in [-0.2, -0.15) is 0 Å². The number of rotatable bonds is 0. The molecule has 2 aliphatic rings. The lowest BCUT2D eigenvalue weighted by Crippen LogP contribution is -2.25. The van der Waals surface area contributed by atoms with Gasteiger partial charge in [0.15, 0.2) is 11.6 Å². The molecule has 0 saturated heterocycles. The summed E-state index contributed by atoms with van der Waals surface area (Å²) in [6, 6.07) is 5.13. The van der Waals surface area contributed by atoms with Crippen LogP contribution in [-0.2, 0) is 0 Å². The normalized spacial score (nSPS) is 23.4. The Morgan fingerprint density at radius 3 is 1.71 bits per heavy atom. The molecule has 0 saturated carbocycles. The summed E-state index contributed by atoms with van der Waals surface area (Å²) in [5.74, 6) is -4.70. The summed E-state index contributed by atoms with van der Waals surface area (Å²) >= 11 is 0. The predicted molar refractivity (Wildman–Crippen MR) is 94.6 cm³/mol. The molecule has 7 heteroatoms. The van der Waals surface area contributed by atoms with Crippen LogP contribution in [0, 0.1) is 59.3 Å². The van der Waals surface area contributed by atoms with Crippen LogP contribution < -0.4 is 0 Å². The van der Waals surface area contributed by atoms with Crippen molar-refractivity contribution in [1.29, 1.82) is 10.5 Å². The van der Waals surface area contributed by atoms with E-state index < -0.39 is 29.3 Å². The fraction of sp³-hybridized carbons (Fsp3) is 0.143. The van der Waals surface area contributed by atoms with Gasteiger partial charge in [0.25, 0.3) is 11.4 Å². The largest absolute Gasteiger partial charge is 0.266 e. The van der Waals surface area contributed by atoms with Crippen molar-refractivity contribution >= 4 is 11.1 Å². The molecule has 4 nitrogen and oxygen atoms in total. The van der Waals surface area contributed by atoms with Crippen LogP contribution in [-0.4, -0.2) is 0 Å². The molecule has 134 valence electrons. The minimum Gasteiger partial charge on any atom is -0.226 e. The van der Waals surface area contributed by atoms with Gasteiger partial charge in [0.05, 0.1) is 25.3 Å². The van der Waals surface area contributed by atoms with Gasteiger partial charge in [0.1, 0.15) is 5.83 Å². The minimum atomic E-state index is -1.22. The number of allylic oxidation sites excluding steroid dienone is 8. The van der Waals surface area contributed by atoms with E-state index in [1.165, 1.54) is 19.1 Å². The number of benzene rings is 1. The molecule has 2 atom stereocenters. The lowest BCUT2D eigenvalue weighted by molar-refractivity contribution is 0.506. The van der Waals surface area contributed by atoms with Crippen molar-refractivity contribution in [3.05, 3.63) is 92.7 Å². The molecule has 1 aromatic carbocycles. The molecular formula is C21H9F3N4. The molecule has 0 bridgehead atoms. The monoisotopic (exact) mass is 374 g/mol. The number of fused-ring (bicyclic) bond motifs is 2. The van der Waals surface area contributed by atoms with E-state index in [2.05, 4.69) is 9.69 Å². The standard InChI is InChI=1S/C21H9F3N4/c1-10-4-11-12(5-15(10)22)21(19(9-26)28-3)14-7-17(24)16(23)6-13(14)20(11)18(8-25)27-2/h4-7,11-12H,1H3/b20-18-,21-19-. The molecule has 0 spiro atoms. The molecule has 2 aliphatic carbocycles. The van der Waals surface area contributed by atoms with E-state index in [9.17, 15) is 23.7 Å². The second kappa shape index (κ2) is 6.92. The third-order valence-corrected chi connectivity index (χ3v) is 4.77. The summed E-state index contributed by atoms with van der Waals surface area (Å²) in [6.45, 7) is 16.1. The molecule has 2 unspecified atom stereocenters. The van der Waals surface area contributed by atoms with Gasteiger partial charge in [-0.25, -0.2) is 33.4 Å². The van der Waals surface area contributed by atoms with Gasteiger partial charge in [-0.3, -0.25) is 0 Å². The molecule has 0 radical (unpaired) electrons. The van der Waals surface area contributed by atoms with E-state index in [-0.39, 0.29) is 39.2 Å². The number of hydrogen-bond acceptors (Lipinski definition) is 2. The summed E-state index contributed by atoms with van der Waals surface area (Å²) in [5.41, 5.74) is -0.295. The van der Waals surface area contributed by atoms with Crippen LogP contribution in [0.1, 0.15) is 18.1 Å². The van der Waals surface area contributed by atoms with Gasteiger partial charge < -0.3 is 0 Å². The van der Waals surface area contributed by atoms with Crippen molar-refractivity contribution < 1.29 is 13.2 Å². The summed E-state index contributed by atoms with van der Waals surface area (Å²) in [7, 11) is 0. The van der Waals surface area contributed by atoms with E-state index in [1.807, 2.05) is 0 Å². The van der Waals surface area contributed by atoms with Crippen molar-refractivity contribution in [1.82, 2.24) is 0 Å². The van der Waals surface area contributed by atoms with Crippen molar-refractivity contribution in [2.45, 2.75) is 6.92 Å². The number of halogens is 3. The fourth-order valence-electron chi connectivity index (χ4n) is 3.58. The highest BCUT2D eigenvalue weighted by atomic mass is 19.2. The number of nitriles is 2. The van der Waals surface area contributed by atoms with Crippen molar-refractivity contribution in [3.63, 3.8) is 0 Å². The Labute approximate surface area is 159 Å². The Morgan fingerprint density at radius 2 is 1.32 bits per heavy atom. The maximum atomic E-state index is 14.3. The first-order chi connectivity index (χ1) is 13.4. The van der Waals surface area contributed by atoms with Crippen LogP contribution in [0.2, 0.25) is 0 Å². The molecule has 28 heavy (non-hydrogen) atoms. The molecular weight excluding hydrogens is 365 g/mol. The lowest BCUT2D eigenvalue weighted by Gasteiger charge is -2.37. The van der Waals surface area contributed by atoms with Gasteiger partial charge in [0.2, 0.25) is 0 Å². The average molecular weight is 374 g/mol. The van der Waals surface area contributed by atoms with Gasteiger partial charge in [-0.05, 0) is 53.0 Å². The SMILES string of the molecule is [C-]#[N+]/C(C#N)=C1\c2cc(F)c(F)cc2/C(=C(/C#N)[N+]#[C-])C2C=C(F)C(C)=CC12. The summed E-state index contributed by atoms with van der Waals surface area (Å²) < 4.78 is 42.4. The Balaban J connectivity index is 2.56. The zero-order valence-corrected chi connectivity index (χ0v) is 14.4. The van der Waals surface area contributed by atoms with Gasteiger partial charge in [0, 0.05) is 11.8 Å². The molecule has 0 fully saturated rings. The first-order valence-corrected chi connectivity index (χ1v) is 7.97. The van der Waals surface area contributed by atoms with Crippen molar-refractivity contribution in [2.75, 3.05) is 0 Å². The Kier molecular flexibility index (Phi) is 4.62. The molecule has 0 aromatic heterocycles. The third kappa shape index (κ3) is 2.67. The van der Waals surface area contributed by atoms with Crippen LogP contribution in [0.3, 0.4) is 0 Å². The summed E-state index contributed by atoms with van der Waals surface area (Å²) in [5, 5.41) is 18.8. The van der Waals surface area contributed by atoms with E-state index in [1.54, 1.807) is 12.1 Å². The Bertz CT molecular complexity index is 1080. The van der Waals surface area contributed by atoms with Crippen LogP contribution in [0.25, 0.3) is 20.8 Å². The van der Waals surface area contributed by atoms with Crippen LogP contribution >= 0.6 is 0 Å². The van der Waals surface area contributed by atoms with Gasteiger partial charge in [-0.15, -0.1) is 0 Å². The van der Waals surface area contributed by atoms with Crippen LogP contribution in [0.15, 0.2) is 47.1 Å². The van der Waals surface area contributed by atoms with E-state index >= 15 is 0 Å². The Hall–Kier alpha value is -4.07. The van der Waals surface area contributed by atoms with E-state index in [0.717, 1.165) is 12.1 Å². The van der Waals surface area contributed by atoms with Crippen molar-refractivity contribution in [3.8, 4) is 12.1 Å². The van der Waals surface area contributed by atoms with Gasteiger partial charge >= 0.3 is 0 Å². The second-order valence-corrected chi connectivity index (χ2v) is 6.20. The highest BCUT2D eigenvalue weighted by molar-refractivity contribution is 5.93. The second-order valence-electron chi connectivity index (χ2n) is 6.20. The molecule has 0 heterocycles. The number of hydrogen-bond donors (Lipinski definition) is 0. The maximum Gasteiger partial charge on any atom is 0.266 e. The smallest absolute Gasteiger partial charge is 0.226 e. The van der Waals surface area contributed by atoms with Crippen LogP contribution in [0.4, 0.5) is 13.2 Å². The maximum absolute atomic E-state index is 14.3. The molecule has 1 aromatic rings. The first-order valence-electron chi connectivity index (χ1n) is 7.97. The fourth-order valence-corrected chi connectivity index (χ4v) is 3.58. The number of nitrogens with zero attached hydrogens (tertiary/aromatic N) is 4. The summed E-state index contributed by atoms with van der Waals surface area (Å²) in [6.07, 6.45) is 2.65.